The van der Waals surface area contributed by atoms with Crippen LogP contribution in [0.1, 0.15) is 26.2 Å². The van der Waals surface area contributed by atoms with E-state index in [2.05, 4.69) is 5.32 Å². The maximum absolute atomic E-state index is 11.6. The molecular formula is C9H18N2O2. The molecule has 0 bridgehead atoms. The van der Waals surface area contributed by atoms with Crippen LogP contribution in [0.15, 0.2) is 0 Å². The number of ether oxygens (including phenoxy) is 1. The van der Waals surface area contributed by atoms with Crippen LogP contribution in [0.3, 0.4) is 0 Å². The molecule has 1 rings (SSSR count). The second kappa shape index (κ2) is 4.58. The van der Waals surface area contributed by atoms with Gasteiger partial charge in [0, 0.05) is 13.2 Å². The fraction of sp³-hybridized carbons (Fsp3) is 0.889. The van der Waals surface area contributed by atoms with Crippen molar-refractivity contribution in [2.75, 3.05) is 19.7 Å². The number of carbonyl (C=O) groups excluding carboxylic acids is 1. The van der Waals surface area contributed by atoms with E-state index in [1.165, 1.54) is 0 Å². The first-order chi connectivity index (χ1) is 6.19. The predicted octanol–water partition coefficient (Wildman–Crippen LogP) is 0.0205. The third kappa shape index (κ3) is 2.67. The summed E-state index contributed by atoms with van der Waals surface area (Å²) in [5.41, 5.74) is 4.73. The first kappa shape index (κ1) is 10.5. The maximum atomic E-state index is 11.6. The summed E-state index contributed by atoms with van der Waals surface area (Å²) >= 11 is 0. The van der Waals surface area contributed by atoms with Crippen LogP contribution in [-0.2, 0) is 9.53 Å². The van der Waals surface area contributed by atoms with Crippen molar-refractivity contribution >= 4 is 5.91 Å². The molecule has 1 fully saturated rings. The number of rotatable bonds is 4. The molecule has 3 N–H and O–H groups in total. The molecule has 1 atom stereocenters. The Kier molecular flexibility index (Phi) is 3.69. The molecule has 0 spiro atoms. The third-order valence-corrected chi connectivity index (χ3v) is 2.37. The van der Waals surface area contributed by atoms with Crippen molar-refractivity contribution in [1.29, 1.82) is 0 Å². The Labute approximate surface area is 78.8 Å². The van der Waals surface area contributed by atoms with Gasteiger partial charge >= 0.3 is 0 Å². The molecule has 4 nitrogen and oxygen atoms in total. The smallest absolute Gasteiger partial charge is 0.251 e. The van der Waals surface area contributed by atoms with E-state index in [-0.39, 0.29) is 5.91 Å². The second-order valence-electron chi connectivity index (χ2n) is 3.58. The Morgan fingerprint density at radius 1 is 1.69 bits per heavy atom. The zero-order valence-electron chi connectivity index (χ0n) is 8.14. The molecule has 0 aliphatic carbocycles. The summed E-state index contributed by atoms with van der Waals surface area (Å²) in [5.74, 6) is -0.00144. The highest BCUT2D eigenvalue weighted by Gasteiger charge is 2.37. The van der Waals surface area contributed by atoms with Gasteiger partial charge in [0.2, 0.25) is 0 Å². The molecule has 0 aromatic heterocycles. The zero-order chi connectivity index (χ0) is 9.73. The highest BCUT2D eigenvalue weighted by Crippen LogP contribution is 2.24. The topological polar surface area (TPSA) is 64.4 Å². The minimum Gasteiger partial charge on any atom is -0.365 e. The molecule has 13 heavy (non-hydrogen) atoms. The molecule has 1 saturated heterocycles. The van der Waals surface area contributed by atoms with Crippen LogP contribution < -0.4 is 11.1 Å². The lowest BCUT2D eigenvalue weighted by atomic mass is 10.0. The predicted molar refractivity (Wildman–Crippen MR) is 50.3 cm³/mol. The van der Waals surface area contributed by atoms with Crippen LogP contribution in [-0.4, -0.2) is 31.2 Å². The Morgan fingerprint density at radius 3 is 3.00 bits per heavy atom. The van der Waals surface area contributed by atoms with Crippen molar-refractivity contribution in [3.8, 4) is 0 Å². The number of hydrogen-bond acceptors (Lipinski definition) is 3. The Hall–Kier alpha value is -0.610. The summed E-state index contributed by atoms with van der Waals surface area (Å²) in [6, 6.07) is 0. The van der Waals surface area contributed by atoms with Gasteiger partial charge in [0.05, 0.1) is 0 Å². The fourth-order valence-electron chi connectivity index (χ4n) is 1.45. The number of amides is 1. The van der Waals surface area contributed by atoms with Gasteiger partial charge in [-0.1, -0.05) is 0 Å². The third-order valence-electron chi connectivity index (χ3n) is 2.37. The SMILES string of the molecule is CC1(C(=O)NCCCN)CCCO1. The van der Waals surface area contributed by atoms with Gasteiger partial charge in [-0.25, -0.2) is 0 Å². The molecular weight excluding hydrogens is 168 g/mol. The molecule has 4 heteroatoms. The average Bonchev–Trinajstić information content (AvgIpc) is 2.54. The van der Waals surface area contributed by atoms with Crippen LogP contribution in [0.2, 0.25) is 0 Å². The van der Waals surface area contributed by atoms with E-state index in [4.69, 9.17) is 10.5 Å². The van der Waals surface area contributed by atoms with Gasteiger partial charge in [0.15, 0.2) is 0 Å². The van der Waals surface area contributed by atoms with E-state index in [1.54, 1.807) is 0 Å². The molecule has 76 valence electrons. The minimum atomic E-state index is -0.589. The lowest BCUT2D eigenvalue weighted by Gasteiger charge is -2.21. The molecule has 1 aliphatic heterocycles. The number of hydrogen-bond donors (Lipinski definition) is 2. The second-order valence-corrected chi connectivity index (χ2v) is 3.58. The van der Waals surface area contributed by atoms with Gasteiger partial charge < -0.3 is 15.8 Å². The van der Waals surface area contributed by atoms with Crippen LogP contribution in [0.25, 0.3) is 0 Å². The highest BCUT2D eigenvalue weighted by atomic mass is 16.5. The van der Waals surface area contributed by atoms with E-state index in [0.29, 0.717) is 19.7 Å². The Bertz CT molecular complexity index is 176. The van der Waals surface area contributed by atoms with Gasteiger partial charge in [-0.3, -0.25) is 4.79 Å². The van der Waals surface area contributed by atoms with E-state index in [9.17, 15) is 4.79 Å². The summed E-state index contributed by atoms with van der Waals surface area (Å²) in [4.78, 5) is 11.6. The van der Waals surface area contributed by atoms with Crippen molar-refractivity contribution in [2.45, 2.75) is 31.8 Å². The first-order valence-electron chi connectivity index (χ1n) is 4.81. The van der Waals surface area contributed by atoms with Crippen molar-refractivity contribution < 1.29 is 9.53 Å². The largest absolute Gasteiger partial charge is 0.365 e. The van der Waals surface area contributed by atoms with Crippen molar-refractivity contribution in [3.05, 3.63) is 0 Å². The summed E-state index contributed by atoms with van der Waals surface area (Å²) in [7, 11) is 0. The highest BCUT2D eigenvalue weighted by molar-refractivity contribution is 5.84. The van der Waals surface area contributed by atoms with E-state index in [0.717, 1.165) is 19.3 Å². The van der Waals surface area contributed by atoms with Crippen LogP contribution in [0.4, 0.5) is 0 Å². The Balaban J connectivity index is 2.29. The number of carbonyl (C=O) groups is 1. The molecule has 0 saturated carbocycles. The number of nitrogens with two attached hydrogens (primary N) is 1. The summed E-state index contributed by atoms with van der Waals surface area (Å²) in [6.45, 7) is 3.80. The summed E-state index contributed by atoms with van der Waals surface area (Å²) < 4.78 is 5.39. The minimum absolute atomic E-state index is 0.00144. The molecule has 1 aliphatic rings. The van der Waals surface area contributed by atoms with E-state index in [1.807, 2.05) is 6.92 Å². The quantitative estimate of drug-likeness (QED) is 0.608. The fourth-order valence-corrected chi connectivity index (χ4v) is 1.45. The molecule has 0 aromatic rings. The average molecular weight is 186 g/mol. The molecule has 1 amide bonds. The maximum Gasteiger partial charge on any atom is 0.251 e. The van der Waals surface area contributed by atoms with Gasteiger partial charge in [-0.15, -0.1) is 0 Å². The zero-order valence-corrected chi connectivity index (χ0v) is 8.14. The van der Waals surface area contributed by atoms with Gasteiger partial charge in [0.1, 0.15) is 5.60 Å². The van der Waals surface area contributed by atoms with Gasteiger partial charge in [-0.05, 0) is 32.7 Å². The van der Waals surface area contributed by atoms with E-state index < -0.39 is 5.60 Å². The Morgan fingerprint density at radius 2 is 2.46 bits per heavy atom. The normalized spacial score (nSPS) is 27.5. The molecule has 0 radical (unpaired) electrons. The summed E-state index contributed by atoms with van der Waals surface area (Å²) in [5, 5.41) is 2.82. The molecule has 0 aromatic carbocycles. The van der Waals surface area contributed by atoms with Crippen LogP contribution in [0, 0.1) is 0 Å². The lowest BCUT2D eigenvalue weighted by Crippen LogP contribution is -2.44. The standard InChI is InChI=1S/C9H18N2O2/c1-9(4-2-7-13-9)8(12)11-6-3-5-10/h2-7,10H2,1H3,(H,11,12). The summed E-state index contributed by atoms with van der Waals surface area (Å²) in [6.07, 6.45) is 2.62. The van der Waals surface area contributed by atoms with Crippen molar-refractivity contribution in [2.24, 2.45) is 5.73 Å². The molecule has 1 heterocycles. The number of nitrogens with one attached hydrogen (secondary N) is 1. The van der Waals surface area contributed by atoms with Gasteiger partial charge in [-0.2, -0.15) is 0 Å². The van der Waals surface area contributed by atoms with Crippen molar-refractivity contribution in [3.63, 3.8) is 0 Å². The first-order valence-corrected chi connectivity index (χ1v) is 4.81. The van der Waals surface area contributed by atoms with E-state index >= 15 is 0 Å². The van der Waals surface area contributed by atoms with Gasteiger partial charge in [0.25, 0.3) is 5.91 Å². The van der Waals surface area contributed by atoms with Crippen molar-refractivity contribution in [1.82, 2.24) is 5.32 Å². The lowest BCUT2D eigenvalue weighted by molar-refractivity contribution is -0.139. The monoisotopic (exact) mass is 186 g/mol. The molecule has 1 unspecified atom stereocenters. The van der Waals surface area contributed by atoms with Crippen LogP contribution in [0.5, 0.6) is 0 Å². The van der Waals surface area contributed by atoms with Crippen LogP contribution >= 0.6 is 0 Å².